The van der Waals surface area contributed by atoms with Crippen molar-refractivity contribution < 1.29 is 9.53 Å². The summed E-state index contributed by atoms with van der Waals surface area (Å²) in [6.45, 7) is 4.22. The van der Waals surface area contributed by atoms with E-state index in [4.69, 9.17) is 17.0 Å². The molecule has 4 nitrogen and oxygen atoms in total. The molecule has 0 unspecified atom stereocenters. The van der Waals surface area contributed by atoms with Crippen molar-refractivity contribution in [2.75, 3.05) is 17.2 Å². The van der Waals surface area contributed by atoms with Crippen molar-refractivity contribution in [2.24, 2.45) is 0 Å². The molecule has 2 N–H and O–H groups in total. The smallest absolute Gasteiger partial charge is 0.340 e. The third-order valence-electron chi connectivity index (χ3n) is 3.29. The lowest BCUT2D eigenvalue weighted by atomic mass is 10.1. The minimum absolute atomic E-state index is 0.333. The fourth-order valence-electron chi connectivity index (χ4n) is 2.09. The second kappa shape index (κ2) is 8.29. The maximum absolute atomic E-state index is 11.9. The lowest BCUT2D eigenvalue weighted by molar-refractivity contribution is 0.0527. The lowest BCUT2D eigenvalue weighted by Gasteiger charge is -2.13. The highest BCUT2D eigenvalue weighted by Gasteiger charge is 2.12. The Morgan fingerprint density at radius 2 is 1.74 bits per heavy atom. The lowest BCUT2D eigenvalue weighted by Crippen LogP contribution is -2.21. The summed E-state index contributed by atoms with van der Waals surface area (Å²) >= 11 is 5.32. The molecule has 0 amide bonds. The number of benzene rings is 2. The van der Waals surface area contributed by atoms with Crippen LogP contribution in [-0.4, -0.2) is 17.7 Å². The number of nitrogens with one attached hydrogen (secondary N) is 2. The van der Waals surface area contributed by atoms with Crippen molar-refractivity contribution in [1.29, 1.82) is 0 Å². The Labute approximate surface area is 141 Å². The minimum atomic E-state index is -0.370. The van der Waals surface area contributed by atoms with E-state index in [1.807, 2.05) is 18.2 Å². The molecule has 0 radical (unpaired) electrons. The number of aryl methyl sites for hydroxylation is 1. The number of esters is 1. The Balaban J connectivity index is 2.06. The first-order chi connectivity index (χ1) is 11.1. The van der Waals surface area contributed by atoms with Crippen molar-refractivity contribution in [3.8, 4) is 0 Å². The van der Waals surface area contributed by atoms with Crippen LogP contribution in [0.3, 0.4) is 0 Å². The van der Waals surface area contributed by atoms with Gasteiger partial charge in [0.2, 0.25) is 0 Å². The first kappa shape index (κ1) is 17.0. The molecule has 0 atom stereocenters. The Bertz CT molecular complexity index is 684. The molecule has 23 heavy (non-hydrogen) atoms. The second-order valence-electron chi connectivity index (χ2n) is 4.90. The van der Waals surface area contributed by atoms with Crippen LogP contribution < -0.4 is 10.6 Å². The van der Waals surface area contributed by atoms with Crippen LogP contribution in [-0.2, 0) is 11.2 Å². The van der Waals surface area contributed by atoms with Crippen LogP contribution in [0.15, 0.2) is 48.5 Å². The van der Waals surface area contributed by atoms with E-state index in [9.17, 15) is 4.79 Å². The monoisotopic (exact) mass is 328 g/mol. The standard InChI is InChI=1S/C18H20N2O2S/c1-3-13-9-11-14(12-10-13)19-18(23)20-16-8-6-5-7-15(16)17(21)22-4-2/h5-12H,3-4H2,1-2H3,(H2,19,20,23). The summed E-state index contributed by atoms with van der Waals surface area (Å²) in [5.41, 5.74) is 3.24. The van der Waals surface area contributed by atoms with Crippen molar-refractivity contribution in [2.45, 2.75) is 20.3 Å². The summed E-state index contributed by atoms with van der Waals surface area (Å²) in [5.74, 6) is -0.370. The highest BCUT2D eigenvalue weighted by molar-refractivity contribution is 7.80. The number of ether oxygens (including phenoxy) is 1. The van der Waals surface area contributed by atoms with Gasteiger partial charge in [-0.3, -0.25) is 0 Å². The molecule has 120 valence electrons. The van der Waals surface area contributed by atoms with Gasteiger partial charge in [0.05, 0.1) is 17.9 Å². The molecule has 0 aromatic heterocycles. The van der Waals surface area contributed by atoms with Gasteiger partial charge in [0.1, 0.15) is 0 Å². The van der Waals surface area contributed by atoms with E-state index in [0.29, 0.717) is 23.0 Å². The van der Waals surface area contributed by atoms with Crippen LogP contribution in [0.25, 0.3) is 0 Å². The zero-order valence-corrected chi connectivity index (χ0v) is 14.1. The maximum Gasteiger partial charge on any atom is 0.340 e. The average Bonchev–Trinajstić information content (AvgIpc) is 2.56. The predicted octanol–water partition coefficient (Wildman–Crippen LogP) is 4.23. The molecule has 0 saturated carbocycles. The van der Waals surface area contributed by atoms with Crippen LogP contribution in [0.1, 0.15) is 29.8 Å². The molecular formula is C18H20N2O2S. The van der Waals surface area contributed by atoms with E-state index in [-0.39, 0.29) is 5.97 Å². The van der Waals surface area contributed by atoms with E-state index < -0.39 is 0 Å². The summed E-state index contributed by atoms with van der Waals surface area (Å²) in [6.07, 6.45) is 0.996. The molecule has 0 bridgehead atoms. The van der Waals surface area contributed by atoms with E-state index in [0.717, 1.165) is 12.1 Å². The van der Waals surface area contributed by atoms with Crippen LogP contribution >= 0.6 is 12.2 Å². The third kappa shape index (κ3) is 4.79. The van der Waals surface area contributed by atoms with Crippen molar-refractivity contribution in [1.82, 2.24) is 0 Å². The molecule has 0 heterocycles. The summed E-state index contributed by atoms with van der Waals surface area (Å²) < 4.78 is 5.05. The minimum Gasteiger partial charge on any atom is -0.462 e. The van der Waals surface area contributed by atoms with Gasteiger partial charge in [-0.2, -0.15) is 0 Å². The van der Waals surface area contributed by atoms with Gasteiger partial charge < -0.3 is 15.4 Å². The van der Waals surface area contributed by atoms with Gasteiger partial charge >= 0.3 is 5.97 Å². The van der Waals surface area contributed by atoms with Gasteiger partial charge in [0.15, 0.2) is 5.11 Å². The molecule has 0 aliphatic rings. The van der Waals surface area contributed by atoms with Crippen molar-refractivity contribution >= 4 is 34.7 Å². The molecule has 0 aliphatic heterocycles. The fourth-order valence-corrected chi connectivity index (χ4v) is 2.32. The number of para-hydroxylation sites is 1. The Hall–Kier alpha value is -2.40. The van der Waals surface area contributed by atoms with E-state index in [1.165, 1.54) is 5.56 Å². The summed E-state index contributed by atoms with van der Waals surface area (Å²) in [5, 5.41) is 6.58. The number of anilines is 2. The fraction of sp³-hybridized carbons (Fsp3) is 0.222. The Kier molecular flexibility index (Phi) is 6.11. The Morgan fingerprint density at radius 1 is 1.04 bits per heavy atom. The number of hydrogen-bond acceptors (Lipinski definition) is 3. The SMILES string of the molecule is CCOC(=O)c1ccccc1NC(=S)Nc1ccc(CC)cc1. The first-order valence-electron chi connectivity index (χ1n) is 7.57. The summed E-state index contributed by atoms with van der Waals surface area (Å²) in [4.78, 5) is 11.9. The molecule has 2 aromatic carbocycles. The van der Waals surface area contributed by atoms with Crippen LogP contribution in [0.4, 0.5) is 11.4 Å². The zero-order valence-electron chi connectivity index (χ0n) is 13.3. The number of thiocarbonyl (C=S) groups is 1. The second-order valence-corrected chi connectivity index (χ2v) is 5.30. The van der Waals surface area contributed by atoms with Crippen LogP contribution in [0, 0.1) is 0 Å². The molecule has 2 rings (SSSR count). The number of carbonyl (C=O) groups excluding carboxylic acids is 1. The largest absolute Gasteiger partial charge is 0.462 e. The molecule has 0 spiro atoms. The third-order valence-corrected chi connectivity index (χ3v) is 3.49. The van der Waals surface area contributed by atoms with Crippen molar-refractivity contribution in [3.63, 3.8) is 0 Å². The van der Waals surface area contributed by atoms with Gasteiger partial charge in [-0.25, -0.2) is 4.79 Å². The van der Waals surface area contributed by atoms with Gasteiger partial charge in [-0.1, -0.05) is 31.2 Å². The van der Waals surface area contributed by atoms with Crippen LogP contribution in [0.2, 0.25) is 0 Å². The number of hydrogen-bond donors (Lipinski definition) is 2. The van der Waals surface area contributed by atoms with Crippen LogP contribution in [0.5, 0.6) is 0 Å². The average molecular weight is 328 g/mol. The molecule has 0 aliphatic carbocycles. The first-order valence-corrected chi connectivity index (χ1v) is 7.98. The summed E-state index contributed by atoms with van der Waals surface area (Å²) in [6, 6.07) is 15.2. The van der Waals surface area contributed by atoms with Gasteiger partial charge in [-0.15, -0.1) is 0 Å². The highest BCUT2D eigenvalue weighted by atomic mass is 32.1. The molecule has 0 fully saturated rings. The molecule has 5 heteroatoms. The van der Waals surface area contributed by atoms with E-state index in [1.54, 1.807) is 25.1 Å². The van der Waals surface area contributed by atoms with Gasteiger partial charge in [-0.05, 0) is 55.4 Å². The summed E-state index contributed by atoms with van der Waals surface area (Å²) in [7, 11) is 0. The Morgan fingerprint density at radius 3 is 2.39 bits per heavy atom. The number of rotatable bonds is 5. The molecular weight excluding hydrogens is 308 g/mol. The van der Waals surface area contributed by atoms with Gasteiger partial charge in [0.25, 0.3) is 0 Å². The highest BCUT2D eigenvalue weighted by Crippen LogP contribution is 2.17. The van der Waals surface area contributed by atoms with E-state index >= 15 is 0 Å². The van der Waals surface area contributed by atoms with E-state index in [2.05, 4.69) is 29.7 Å². The quantitative estimate of drug-likeness (QED) is 0.635. The van der Waals surface area contributed by atoms with Crippen molar-refractivity contribution in [3.05, 3.63) is 59.7 Å². The topological polar surface area (TPSA) is 50.4 Å². The molecule has 2 aromatic rings. The number of carbonyl (C=O) groups is 1. The zero-order chi connectivity index (χ0) is 16.7. The normalized spacial score (nSPS) is 10.0. The predicted molar refractivity (Wildman–Crippen MR) is 98.1 cm³/mol. The molecule has 0 saturated heterocycles. The maximum atomic E-state index is 11.9. The van der Waals surface area contributed by atoms with Gasteiger partial charge in [0, 0.05) is 5.69 Å².